The number of hydrogen-bond donors (Lipinski definition) is 2. The molecule has 0 radical (unpaired) electrons. The maximum Gasteiger partial charge on any atom is 0.171 e. The summed E-state index contributed by atoms with van der Waals surface area (Å²) in [5, 5.41) is 7.29. The fraction of sp³-hybridized carbons (Fsp3) is 0.458. The molecule has 0 spiro atoms. The van der Waals surface area contributed by atoms with Crippen molar-refractivity contribution < 1.29 is 4.74 Å². The van der Waals surface area contributed by atoms with Crippen LogP contribution >= 0.6 is 12.2 Å². The van der Waals surface area contributed by atoms with Crippen molar-refractivity contribution in [1.29, 1.82) is 0 Å². The van der Waals surface area contributed by atoms with Crippen molar-refractivity contribution in [2.24, 2.45) is 0 Å². The van der Waals surface area contributed by atoms with E-state index in [1.165, 1.54) is 62.9 Å². The van der Waals surface area contributed by atoms with E-state index in [-0.39, 0.29) is 6.04 Å². The summed E-state index contributed by atoms with van der Waals surface area (Å²) in [4.78, 5) is 2.45. The molecule has 4 rings (SSSR count). The van der Waals surface area contributed by atoms with E-state index in [1.807, 2.05) is 24.3 Å². The third-order valence-corrected chi connectivity index (χ3v) is 6.15. The van der Waals surface area contributed by atoms with Gasteiger partial charge in [0.2, 0.25) is 0 Å². The van der Waals surface area contributed by atoms with Gasteiger partial charge < -0.3 is 20.3 Å². The topological polar surface area (TPSA) is 36.5 Å². The summed E-state index contributed by atoms with van der Waals surface area (Å²) in [5.41, 5.74) is 3.52. The molecule has 1 heterocycles. The Morgan fingerprint density at radius 3 is 2.28 bits per heavy atom. The van der Waals surface area contributed by atoms with E-state index in [1.54, 1.807) is 0 Å². The maximum atomic E-state index is 6.02. The standard InChI is InChI=1S/C24H31N3OS/c1-18(19-8-12-21(13-9-19)27-16-4-5-17-27)25-24(29)26-20-10-14-23(15-11-20)28-22-6-2-3-7-22/h8-15,18,22H,2-7,16-17H2,1H3,(H2,25,26,29)/t18-/m0/s1. The van der Waals surface area contributed by atoms with Gasteiger partial charge in [-0.2, -0.15) is 0 Å². The number of hydrogen-bond acceptors (Lipinski definition) is 3. The highest BCUT2D eigenvalue weighted by Crippen LogP contribution is 2.25. The van der Waals surface area contributed by atoms with Crippen molar-refractivity contribution in [1.82, 2.24) is 5.32 Å². The Kier molecular flexibility index (Phi) is 6.55. The molecule has 154 valence electrons. The second kappa shape index (κ2) is 9.49. The van der Waals surface area contributed by atoms with Gasteiger partial charge in [0.25, 0.3) is 0 Å². The van der Waals surface area contributed by atoms with Crippen LogP contribution in [0.25, 0.3) is 0 Å². The van der Waals surface area contributed by atoms with Gasteiger partial charge >= 0.3 is 0 Å². The van der Waals surface area contributed by atoms with Crippen LogP contribution in [0.4, 0.5) is 11.4 Å². The highest BCUT2D eigenvalue weighted by Gasteiger charge is 2.16. The molecule has 29 heavy (non-hydrogen) atoms. The number of ether oxygens (including phenoxy) is 1. The maximum absolute atomic E-state index is 6.02. The van der Waals surface area contributed by atoms with Crippen LogP contribution in [0.5, 0.6) is 5.75 Å². The van der Waals surface area contributed by atoms with Crippen LogP contribution in [0.15, 0.2) is 48.5 Å². The average Bonchev–Trinajstić information content (AvgIpc) is 3.44. The lowest BCUT2D eigenvalue weighted by molar-refractivity contribution is 0.210. The van der Waals surface area contributed by atoms with Crippen molar-refractivity contribution in [3.63, 3.8) is 0 Å². The lowest BCUT2D eigenvalue weighted by Crippen LogP contribution is -2.30. The minimum absolute atomic E-state index is 0.146. The second-order valence-corrected chi connectivity index (χ2v) is 8.56. The van der Waals surface area contributed by atoms with Crippen molar-refractivity contribution in [3.8, 4) is 5.75 Å². The molecule has 4 nitrogen and oxygen atoms in total. The predicted octanol–water partition coefficient (Wildman–Crippen LogP) is 5.66. The van der Waals surface area contributed by atoms with Gasteiger partial charge in [-0.25, -0.2) is 0 Å². The molecule has 2 aromatic carbocycles. The zero-order valence-corrected chi connectivity index (χ0v) is 18.0. The van der Waals surface area contributed by atoms with Gasteiger partial charge in [0, 0.05) is 24.5 Å². The normalized spacial score (nSPS) is 17.9. The largest absolute Gasteiger partial charge is 0.490 e. The lowest BCUT2D eigenvalue weighted by Gasteiger charge is -2.20. The quantitative estimate of drug-likeness (QED) is 0.603. The summed E-state index contributed by atoms with van der Waals surface area (Å²) in [6.07, 6.45) is 7.89. The molecular formula is C24H31N3OS. The van der Waals surface area contributed by atoms with Crippen LogP contribution in [0.1, 0.15) is 57.1 Å². The van der Waals surface area contributed by atoms with Gasteiger partial charge in [-0.1, -0.05) is 12.1 Å². The molecule has 1 saturated heterocycles. The van der Waals surface area contributed by atoms with Crippen LogP contribution in [0.3, 0.4) is 0 Å². The predicted molar refractivity (Wildman–Crippen MR) is 125 cm³/mol. The molecule has 1 atom stereocenters. The van der Waals surface area contributed by atoms with Gasteiger partial charge in [0.15, 0.2) is 5.11 Å². The first-order valence-corrected chi connectivity index (χ1v) is 11.3. The summed E-state index contributed by atoms with van der Waals surface area (Å²) in [6, 6.07) is 17.1. The van der Waals surface area contributed by atoms with Crippen LogP contribution in [0.2, 0.25) is 0 Å². The number of benzene rings is 2. The van der Waals surface area contributed by atoms with Gasteiger partial charge in [-0.15, -0.1) is 0 Å². The lowest BCUT2D eigenvalue weighted by atomic mass is 10.1. The first-order valence-electron chi connectivity index (χ1n) is 10.9. The first-order chi connectivity index (χ1) is 14.2. The number of rotatable bonds is 6. The summed E-state index contributed by atoms with van der Waals surface area (Å²) < 4.78 is 6.02. The van der Waals surface area contributed by atoms with Crippen LogP contribution < -0.4 is 20.3 Å². The minimum Gasteiger partial charge on any atom is -0.490 e. The highest BCUT2D eigenvalue weighted by molar-refractivity contribution is 7.80. The average molecular weight is 410 g/mol. The van der Waals surface area contributed by atoms with Crippen molar-refractivity contribution >= 4 is 28.7 Å². The molecule has 2 N–H and O–H groups in total. The number of nitrogens with zero attached hydrogens (tertiary/aromatic N) is 1. The van der Waals surface area contributed by atoms with Crippen LogP contribution in [-0.2, 0) is 0 Å². The summed E-state index contributed by atoms with van der Waals surface area (Å²) in [6.45, 7) is 4.48. The molecule has 5 heteroatoms. The van der Waals surface area contributed by atoms with E-state index in [9.17, 15) is 0 Å². The van der Waals surface area contributed by atoms with Gasteiger partial charge in [0.1, 0.15) is 5.75 Å². The third kappa shape index (κ3) is 5.41. The molecule has 0 aromatic heterocycles. The fourth-order valence-corrected chi connectivity index (χ4v) is 4.51. The molecule has 0 amide bonds. The molecule has 0 unspecified atom stereocenters. The zero-order valence-electron chi connectivity index (χ0n) is 17.2. The Hall–Kier alpha value is -2.27. The van der Waals surface area contributed by atoms with Gasteiger partial charge in [0.05, 0.1) is 12.1 Å². The van der Waals surface area contributed by atoms with E-state index in [2.05, 4.69) is 46.7 Å². The summed E-state index contributed by atoms with van der Waals surface area (Å²) in [7, 11) is 0. The first kappa shape index (κ1) is 20.0. The number of nitrogens with one attached hydrogen (secondary N) is 2. The summed E-state index contributed by atoms with van der Waals surface area (Å²) >= 11 is 5.51. The van der Waals surface area contributed by atoms with Crippen molar-refractivity contribution in [2.45, 2.75) is 57.6 Å². The third-order valence-electron chi connectivity index (χ3n) is 5.93. The van der Waals surface area contributed by atoms with Gasteiger partial charge in [-0.3, -0.25) is 0 Å². The minimum atomic E-state index is 0.146. The SMILES string of the molecule is C[C@H](NC(=S)Nc1ccc(OC2CCCC2)cc1)c1ccc(N2CCCC2)cc1. The molecule has 1 saturated carbocycles. The van der Waals surface area contributed by atoms with Crippen LogP contribution in [0, 0.1) is 0 Å². The second-order valence-electron chi connectivity index (χ2n) is 8.15. The summed E-state index contributed by atoms with van der Waals surface area (Å²) in [5.74, 6) is 0.938. The van der Waals surface area contributed by atoms with Crippen molar-refractivity contribution in [3.05, 3.63) is 54.1 Å². The molecule has 2 aromatic rings. The molecular weight excluding hydrogens is 378 g/mol. The highest BCUT2D eigenvalue weighted by atomic mass is 32.1. The monoisotopic (exact) mass is 409 g/mol. The number of anilines is 2. The molecule has 0 bridgehead atoms. The Morgan fingerprint density at radius 2 is 1.62 bits per heavy atom. The Balaban J connectivity index is 1.27. The molecule has 1 aliphatic carbocycles. The van der Waals surface area contributed by atoms with E-state index >= 15 is 0 Å². The Labute approximate surface area is 179 Å². The van der Waals surface area contributed by atoms with Crippen LogP contribution in [-0.4, -0.2) is 24.3 Å². The Morgan fingerprint density at radius 1 is 0.966 bits per heavy atom. The van der Waals surface area contributed by atoms with Gasteiger partial charge in [-0.05, 0) is 99.6 Å². The van der Waals surface area contributed by atoms with E-state index < -0.39 is 0 Å². The molecule has 2 fully saturated rings. The van der Waals surface area contributed by atoms with E-state index in [4.69, 9.17) is 17.0 Å². The zero-order chi connectivity index (χ0) is 20.1. The van der Waals surface area contributed by atoms with E-state index in [0.717, 1.165) is 11.4 Å². The smallest absolute Gasteiger partial charge is 0.171 e. The Bertz CT molecular complexity index is 794. The molecule has 1 aliphatic heterocycles. The van der Waals surface area contributed by atoms with Crippen molar-refractivity contribution in [2.75, 3.05) is 23.3 Å². The number of thiocarbonyl (C=S) groups is 1. The fourth-order valence-electron chi connectivity index (χ4n) is 4.21. The molecule has 2 aliphatic rings. The van der Waals surface area contributed by atoms with E-state index in [0.29, 0.717) is 11.2 Å².